The number of hydrazone groups is 1. The van der Waals surface area contributed by atoms with E-state index in [1.807, 2.05) is 61.5 Å². The maximum absolute atomic E-state index is 13.2. The quantitative estimate of drug-likeness (QED) is 0.215. The monoisotopic (exact) mass is 580 g/mol. The Morgan fingerprint density at radius 1 is 1.06 bits per heavy atom. The average molecular weight is 582 g/mol. The largest absolute Gasteiger partial charge is 0.277 e. The van der Waals surface area contributed by atoms with Crippen LogP contribution in [0.5, 0.6) is 0 Å². The third kappa shape index (κ3) is 4.98. The van der Waals surface area contributed by atoms with Gasteiger partial charge in [-0.15, -0.1) is 0 Å². The Morgan fingerprint density at radius 2 is 1.78 bits per heavy atom. The Labute approximate surface area is 227 Å². The maximum atomic E-state index is 13.2. The highest BCUT2D eigenvalue weighted by molar-refractivity contribution is 9.10. The lowest BCUT2D eigenvalue weighted by Gasteiger charge is -2.24. The first-order chi connectivity index (χ1) is 17.3. The van der Waals surface area contributed by atoms with Crippen molar-refractivity contribution in [2.45, 2.75) is 31.1 Å². The standard InChI is InChI=1S/C27H22BrClN4O2S/c1-16-5-7-17(8-6-16)22-14-23(18-9-11-20(29)12-10-18)33(31-22)27(30)36-24-15-25(34)32(26(24)35)21-4-2-3-19(28)13-21/h2-13,23-24,30H,14-15H2,1H3/t23-,24+/m1/s1. The molecule has 1 N–H and O–H groups in total. The van der Waals surface area contributed by atoms with Crippen molar-refractivity contribution in [3.05, 3.63) is 99.0 Å². The van der Waals surface area contributed by atoms with Crippen molar-refractivity contribution in [3.8, 4) is 0 Å². The van der Waals surface area contributed by atoms with Gasteiger partial charge in [-0.1, -0.05) is 87.3 Å². The second-order valence-corrected chi connectivity index (χ2v) is 11.2. The molecular weight excluding hydrogens is 560 g/mol. The molecule has 36 heavy (non-hydrogen) atoms. The van der Waals surface area contributed by atoms with Crippen LogP contribution in [0, 0.1) is 12.3 Å². The molecule has 0 bridgehead atoms. The number of amides is 2. The van der Waals surface area contributed by atoms with Gasteiger partial charge in [0.2, 0.25) is 11.8 Å². The highest BCUT2D eigenvalue weighted by Gasteiger charge is 2.42. The first-order valence-electron chi connectivity index (χ1n) is 11.4. The van der Waals surface area contributed by atoms with Gasteiger partial charge in [0, 0.05) is 22.3 Å². The molecule has 0 aliphatic carbocycles. The van der Waals surface area contributed by atoms with Crippen molar-refractivity contribution >= 4 is 67.7 Å². The lowest BCUT2D eigenvalue weighted by atomic mass is 9.98. The zero-order chi connectivity index (χ0) is 25.4. The minimum Gasteiger partial charge on any atom is -0.277 e. The topological polar surface area (TPSA) is 76.8 Å². The molecule has 2 heterocycles. The number of hydrogen-bond acceptors (Lipinski definition) is 5. The number of hydrogen-bond donors (Lipinski definition) is 1. The van der Waals surface area contributed by atoms with Crippen molar-refractivity contribution in [3.63, 3.8) is 0 Å². The molecular formula is C27H22BrClN4O2S. The predicted octanol–water partition coefficient (Wildman–Crippen LogP) is 6.56. The maximum Gasteiger partial charge on any atom is 0.247 e. The van der Waals surface area contributed by atoms with Gasteiger partial charge in [-0.25, -0.2) is 9.91 Å². The van der Waals surface area contributed by atoms with Crippen molar-refractivity contribution in [1.82, 2.24) is 5.01 Å². The molecule has 9 heteroatoms. The SMILES string of the molecule is Cc1ccc(C2=NN(C(=N)S[C@H]3CC(=O)N(c4cccc(Br)c4)C3=O)[C@@H](c3ccc(Cl)cc3)C2)cc1. The van der Waals surface area contributed by atoms with E-state index in [9.17, 15) is 9.59 Å². The van der Waals surface area contributed by atoms with Crippen LogP contribution in [0.15, 0.2) is 82.4 Å². The summed E-state index contributed by atoms with van der Waals surface area (Å²) in [6.07, 6.45) is 0.641. The fourth-order valence-electron chi connectivity index (χ4n) is 4.33. The van der Waals surface area contributed by atoms with Gasteiger partial charge in [0.25, 0.3) is 0 Å². The van der Waals surface area contributed by atoms with Gasteiger partial charge in [-0.05, 0) is 48.4 Å². The fraction of sp³-hybridized carbons (Fsp3) is 0.185. The molecule has 2 atom stereocenters. The lowest BCUT2D eigenvalue weighted by Crippen LogP contribution is -2.32. The Morgan fingerprint density at radius 3 is 2.47 bits per heavy atom. The van der Waals surface area contributed by atoms with Crippen LogP contribution in [0.2, 0.25) is 5.02 Å². The minimum absolute atomic E-state index is 0.0341. The fourth-order valence-corrected chi connectivity index (χ4v) is 5.82. The van der Waals surface area contributed by atoms with Gasteiger partial charge in [0.15, 0.2) is 5.17 Å². The predicted molar refractivity (Wildman–Crippen MR) is 149 cm³/mol. The molecule has 0 unspecified atom stereocenters. The number of rotatable bonds is 4. The van der Waals surface area contributed by atoms with Gasteiger partial charge in [-0.2, -0.15) is 5.10 Å². The van der Waals surface area contributed by atoms with Gasteiger partial charge < -0.3 is 0 Å². The van der Waals surface area contributed by atoms with Gasteiger partial charge in [0.1, 0.15) is 5.25 Å². The summed E-state index contributed by atoms with van der Waals surface area (Å²) in [5.41, 5.74) is 4.51. The van der Waals surface area contributed by atoms with Crippen molar-refractivity contribution in [1.29, 1.82) is 5.41 Å². The number of carbonyl (C=O) groups excluding carboxylic acids is 2. The van der Waals surface area contributed by atoms with Crippen LogP contribution in [-0.2, 0) is 9.59 Å². The van der Waals surface area contributed by atoms with Crippen molar-refractivity contribution < 1.29 is 9.59 Å². The molecule has 2 amide bonds. The summed E-state index contributed by atoms with van der Waals surface area (Å²) >= 11 is 10.6. The molecule has 5 rings (SSSR count). The first-order valence-corrected chi connectivity index (χ1v) is 13.4. The summed E-state index contributed by atoms with van der Waals surface area (Å²) in [7, 11) is 0. The van der Waals surface area contributed by atoms with E-state index < -0.39 is 5.25 Å². The van der Waals surface area contributed by atoms with E-state index >= 15 is 0 Å². The van der Waals surface area contributed by atoms with Crippen LogP contribution in [0.4, 0.5) is 5.69 Å². The summed E-state index contributed by atoms with van der Waals surface area (Å²) < 4.78 is 0.783. The van der Waals surface area contributed by atoms with E-state index in [1.54, 1.807) is 23.2 Å². The average Bonchev–Trinajstić information content (AvgIpc) is 3.41. The molecule has 0 aromatic heterocycles. The molecule has 2 aliphatic heterocycles. The van der Waals surface area contributed by atoms with Gasteiger partial charge >= 0.3 is 0 Å². The molecule has 6 nitrogen and oxygen atoms in total. The molecule has 0 saturated carbocycles. The van der Waals surface area contributed by atoms with E-state index in [-0.39, 0.29) is 29.4 Å². The minimum atomic E-state index is -0.687. The molecule has 3 aromatic rings. The zero-order valence-electron chi connectivity index (χ0n) is 19.3. The van der Waals surface area contributed by atoms with E-state index in [1.165, 1.54) is 4.90 Å². The summed E-state index contributed by atoms with van der Waals surface area (Å²) in [6.45, 7) is 2.03. The van der Waals surface area contributed by atoms with E-state index in [2.05, 4.69) is 15.9 Å². The number of amidine groups is 1. The number of thioether (sulfide) groups is 1. The number of carbonyl (C=O) groups is 2. The Kier molecular flexibility index (Phi) is 7.01. The summed E-state index contributed by atoms with van der Waals surface area (Å²) in [6, 6.07) is 22.5. The van der Waals surface area contributed by atoms with Crippen LogP contribution in [0.3, 0.4) is 0 Å². The number of aryl methyl sites for hydroxylation is 1. The highest BCUT2D eigenvalue weighted by atomic mass is 79.9. The second-order valence-electron chi connectivity index (χ2n) is 8.69. The van der Waals surface area contributed by atoms with E-state index in [4.69, 9.17) is 22.1 Å². The number of nitrogens with zero attached hydrogens (tertiary/aromatic N) is 3. The normalized spacial score (nSPS) is 19.7. The highest BCUT2D eigenvalue weighted by Crippen LogP contribution is 2.38. The Bertz CT molecular complexity index is 1380. The van der Waals surface area contributed by atoms with Gasteiger partial charge in [-0.3, -0.25) is 15.0 Å². The Balaban J connectivity index is 1.40. The van der Waals surface area contributed by atoms with Crippen LogP contribution in [0.1, 0.15) is 35.6 Å². The van der Waals surface area contributed by atoms with Crippen molar-refractivity contribution in [2.75, 3.05) is 4.90 Å². The molecule has 182 valence electrons. The molecule has 0 spiro atoms. The number of benzene rings is 3. The summed E-state index contributed by atoms with van der Waals surface area (Å²) in [5, 5.41) is 15.4. The third-order valence-corrected chi connectivity index (χ3v) is 7.99. The van der Waals surface area contributed by atoms with Crippen LogP contribution >= 0.6 is 39.3 Å². The third-order valence-electron chi connectivity index (χ3n) is 6.18. The number of halogens is 2. The summed E-state index contributed by atoms with van der Waals surface area (Å²) in [4.78, 5) is 27.1. The van der Waals surface area contributed by atoms with Crippen LogP contribution in [-0.4, -0.2) is 33.0 Å². The molecule has 1 fully saturated rings. The molecule has 1 saturated heterocycles. The zero-order valence-corrected chi connectivity index (χ0v) is 22.5. The Hall–Kier alpha value is -2.94. The number of anilines is 1. The van der Waals surface area contributed by atoms with Crippen LogP contribution < -0.4 is 4.90 Å². The van der Waals surface area contributed by atoms with Crippen molar-refractivity contribution in [2.24, 2.45) is 5.10 Å². The molecule has 3 aromatic carbocycles. The van der Waals surface area contributed by atoms with E-state index in [0.717, 1.165) is 38.6 Å². The van der Waals surface area contributed by atoms with Gasteiger partial charge in [0.05, 0.1) is 17.4 Å². The summed E-state index contributed by atoms with van der Waals surface area (Å²) in [5.74, 6) is -0.597. The lowest BCUT2D eigenvalue weighted by molar-refractivity contribution is -0.121. The number of imide groups is 1. The second kappa shape index (κ2) is 10.2. The smallest absolute Gasteiger partial charge is 0.247 e. The molecule has 0 radical (unpaired) electrons. The molecule has 2 aliphatic rings. The number of nitrogens with one attached hydrogen (secondary N) is 1. The van der Waals surface area contributed by atoms with E-state index in [0.29, 0.717) is 17.1 Å². The first kappa shape index (κ1) is 24.7. The van der Waals surface area contributed by atoms with Crippen LogP contribution in [0.25, 0.3) is 0 Å².